The van der Waals surface area contributed by atoms with Gasteiger partial charge in [0.05, 0.1) is 121 Å². The van der Waals surface area contributed by atoms with E-state index in [-0.39, 0.29) is 67.4 Å². The van der Waals surface area contributed by atoms with E-state index in [1.807, 2.05) is 0 Å². The molecule has 0 saturated carbocycles. The molecule has 1 unspecified atom stereocenters. The Bertz CT molecular complexity index is 3990. The molecule has 666 valence electrons. The fourth-order valence-corrected chi connectivity index (χ4v) is 19.2. The van der Waals surface area contributed by atoms with Gasteiger partial charge in [-0.3, -0.25) is 14.4 Å². The molecule has 9 aliphatic heterocycles. The molecule has 10 N–H and O–H groups in total. The number of nitrogens with one attached hydrogen (secondary N) is 1. The van der Waals surface area contributed by atoms with E-state index in [1.54, 1.807) is 74.4 Å². The van der Waals surface area contributed by atoms with Crippen LogP contribution in [0.5, 0.6) is 17.2 Å². The molecule has 0 radical (unpaired) electrons. The number of aliphatic hydroxyl groups excluding tert-OH is 4. The number of aromatic hydroxyl groups is 2. The quantitative estimate of drug-likeness (QED) is 0.0341. The third-order valence-corrected chi connectivity index (χ3v) is 25.3. The molecule has 13 rings (SSSR count). The normalized spacial score (nSPS) is 43.8. The Labute approximate surface area is 686 Å². The van der Waals surface area contributed by atoms with Crippen molar-refractivity contribution in [3.8, 4) is 17.2 Å². The van der Waals surface area contributed by atoms with Crippen LogP contribution < -0.4 is 9.96 Å². The highest BCUT2D eigenvalue weighted by molar-refractivity contribution is 6.31. The zero-order chi connectivity index (χ0) is 86.4. The predicted molar refractivity (Wildman–Crippen MR) is 398 cm³/mol. The van der Waals surface area contributed by atoms with Crippen LogP contribution in [0.2, 0.25) is 0 Å². The number of hydrogen-bond donors (Lipinski definition) is 10. The molecule has 9 heterocycles. The van der Waals surface area contributed by atoms with E-state index in [0.29, 0.717) is 6.08 Å². The van der Waals surface area contributed by atoms with E-state index in [1.165, 1.54) is 48.4 Å². The number of carboxylic acid groups (broad SMARTS) is 1. The van der Waals surface area contributed by atoms with Crippen LogP contribution in [-0.2, 0) is 119 Å². The number of rotatable bonds is 24. The number of nitrogens with zero attached hydrogens (tertiary/aromatic N) is 1. The molecule has 8 fully saturated rings. The molecule has 8 saturated heterocycles. The monoisotopic (exact) mass is 1690 g/mol. The van der Waals surface area contributed by atoms with Crippen molar-refractivity contribution in [2.75, 3.05) is 49.6 Å². The number of hydroxylamine groups is 2. The molecule has 2 bridgehead atoms. The van der Waals surface area contributed by atoms with Crippen LogP contribution >= 0.6 is 0 Å². The molecule has 0 aromatic heterocycles. The molecule has 2 aromatic rings. The second-order valence-electron chi connectivity index (χ2n) is 33.7. The fourth-order valence-electron chi connectivity index (χ4n) is 19.2. The average molecular weight is 1700 g/mol. The number of phenols is 2. The molecule has 37 atom stereocenters. The van der Waals surface area contributed by atoms with Crippen LogP contribution in [0.25, 0.3) is 0 Å². The number of carbonyl (C=O) groups is 5. The van der Waals surface area contributed by atoms with Gasteiger partial charge in [-0.15, -0.1) is 0 Å². The Kier molecular flexibility index (Phi) is 27.5. The molecular formula is C80H114N2O37. The Hall–Kier alpha value is -5.79. The standard InChI is InChI=1S/C80H114N2O37/c1-30-63(89)43(98-13)24-55(103-30)116-74-36(7)109-56(29-78(74,8)82(96)97)115-69-32(3)105-51(23-42(69)85)117-75-62(81(11)12)67(93)77-118-73-39(80(75,10)119-77)21-40(83)59-60(73)64(90)38-20-37-57(65(91)58(38)66(59)92)47(28-79(9,95)61(37)76(94)102-17)110-52-25-45(100-15)71(34(5)106-52)113-50-22-41(84)68(31(2)104-50)112-53-27-46(101-16)72(35(6)108-53)114-54-26-44(99-14)70(33(4)107-54)111-49(88)19-18-48(86)87/h18-21,30-36,41-47,50-56,61-63,67-72,74-75,77,82-85,89,91,93,95-96H,22-29H2,1-17H3,(H,86,87)/b19-18+/t30-,31+,32-,33+,34+,35+,36+,41+,42-,43-,44+,45-,46+,47+,50-,51-,52-,53-,54-,55+,56-,61-,62+,63+,67+,68-,69+,70-,71-,72-,74+,75-,77-,78+,79-,80-/m0/s1. The van der Waals surface area contributed by atoms with Gasteiger partial charge in [-0.2, -0.15) is 0 Å². The molecular weight excluding hydrogens is 1580 g/mol. The van der Waals surface area contributed by atoms with Crippen molar-refractivity contribution in [1.29, 1.82) is 0 Å². The minimum atomic E-state index is -2.06. The molecule has 2 aliphatic carbocycles. The number of quaternary nitrogens is 1. The number of esters is 2. The smallest absolute Gasteiger partial charge is 0.331 e. The van der Waals surface area contributed by atoms with Gasteiger partial charge in [-0.1, -0.05) is 0 Å². The van der Waals surface area contributed by atoms with Crippen LogP contribution in [0.1, 0.15) is 181 Å². The van der Waals surface area contributed by atoms with Gasteiger partial charge in [0.25, 0.3) is 0 Å². The van der Waals surface area contributed by atoms with Crippen molar-refractivity contribution in [2.45, 2.75) is 340 Å². The van der Waals surface area contributed by atoms with Gasteiger partial charge in [0.1, 0.15) is 83.7 Å². The summed E-state index contributed by atoms with van der Waals surface area (Å²) < 4.78 is 136. The van der Waals surface area contributed by atoms with Gasteiger partial charge < -0.3 is 155 Å². The summed E-state index contributed by atoms with van der Waals surface area (Å²) in [4.78, 5) is 70.2. The van der Waals surface area contributed by atoms with Crippen molar-refractivity contribution in [2.24, 2.45) is 0 Å². The van der Waals surface area contributed by atoms with E-state index in [0.717, 1.165) is 19.3 Å². The number of likely N-dealkylation sites (N-methyl/N-ethyl adjacent to an activating group) is 1. The summed E-state index contributed by atoms with van der Waals surface area (Å²) in [5, 5.41) is 116. The molecule has 0 amide bonds. The third-order valence-electron chi connectivity index (χ3n) is 25.3. The Balaban J connectivity index is 0.679. The number of ketones is 2. The van der Waals surface area contributed by atoms with Gasteiger partial charge in [-0.05, 0) is 101 Å². The first-order chi connectivity index (χ1) is 56.2. The van der Waals surface area contributed by atoms with Crippen molar-refractivity contribution in [3.63, 3.8) is 0 Å². The zero-order valence-corrected chi connectivity index (χ0v) is 69.4. The summed E-state index contributed by atoms with van der Waals surface area (Å²) in [7, 11) is 10.2. The average Bonchev–Trinajstić information content (AvgIpc) is 0.690. The summed E-state index contributed by atoms with van der Waals surface area (Å²) in [5.41, 5.74) is -8.04. The van der Waals surface area contributed by atoms with Gasteiger partial charge in [-0.25, -0.2) is 20.0 Å². The van der Waals surface area contributed by atoms with Gasteiger partial charge in [0, 0.05) is 102 Å². The molecule has 39 nitrogen and oxygen atoms in total. The van der Waals surface area contributed by atoms with Gasteiger partial charge in [0.2, 0.25) is 12.1 Å². The van der Waals surface area contributed by atoms with Crippen LogP contribution in [0.15, 0.2) is 24.3 Å². The lowest BCUT2D eigenvalue weighted by Crippen LogP contribution is -3.16. The maximum Gasteiger partial charge on any atom is 0.331 e. The van der Waals surface area contributed by atoms with Crippen LogP contribution in [-0.4, -0.2) is 332 Å². The Morgan fingerprint density at radius 3 is 1.55 bits per heavy atom. The van der Waals surface area contributed by atoms with Gasteiger partial charge in [0.15, 0.2) is 61.5 Å². The summed E-state index contributed by atoms with van der Waals surface area (Å²) in [6.45, 7) is 16.1. The minimum Gasteiger partial charge on any atom is -0.600 e. The highest BCUT2D eigenvalue weighted by Gasteiger charge is 2.63. The van der Waals surface area contributed by atoms with Crippen molar-refractivity contribution < 1.29 is 179 Å². The molecule has 11 aliphatic rings. The first kappa shape index (κ1) is 90.9. The van der Waals surface area contributed by atoms with Crippen molar-refractivity contribution in [3.05, 3.63) is 68.4 Å². The first-order valence-electron chi connectivity index (χ1n) is 40.2. The van der Waals surface area contributed by atoms with Crippen molar-refractivity contribution >= 4 is 29.5 Å². The summed E-state index contributed by atoms with van der Waals surface area (Å²) >= 11 is 0. The number of aliphatic hydroxyl groups is 5. The lowest BCUT2D eigenvalue weighted by Gasteiger charge is -2.56. The Morgan fingerprint density at radius 1 is 0.555 bits per heavy atom. The lowest BCUT2D eigenvalue weighted by molar-refractivity contribution is -1.09. The topological polar surface area (TPSA) is 501 Å². The number of carboxylic acids is 1. The fraction of sp³-hybridized carbons (Fsp3) is 0.762. The van der Waals surface area contributed by atoms with E-state index >= 15 is 9.59 Å². The number of methoxy groups -OCH3 is 5. The van der Waals surface area contributed by atoms with E-state index in [4.69, 9.17) is 109 Å². The second kappa shape index (κ2) is 36.0. The van der Waals surface area contributed by atoms with Crippen LogP contribution in [0.3, 0.4) is 0 Å². The molecule has 2 aromatic carbocycles. The summed E-state index contributed by atoms with van der Waals surface area (Å²) in [6, 6.07) is 1.33. The maximum atomic E-state index is 15.7. The van der Waals surface area contributed by atoms with Gasteiger partial charge >= 0.3 is 17.9 Å². The van der Waals surface area contributed by atoms with E-state index in [2.05, 4.69) is 0 Å². The van der Waals surface area contributed by atoms with Crippen molar-refractivity contribution in [1.82, 2.24) is 4.90 Å². The number of fused-ring (bicyclic) bond motifs is 8. The zero-order valence-electron chi connectivity index (χ0n) is 69.4. The number of benzene rings is 2. The number of aliphatic carboxylic acids is 1. The van der Waals surface area contributed by atoms with Crippen LogP contribution in [0, 0.1) is 5.21 Å². The molecule has 0 spiro atoms. The highest BCUT2D eigenvalue weighted by Crippen LogP contribution is 2.58. The molecule has 119 heavy (non-hydrogen) atoms. The summed E-state index contributed by atoms with van der Waals surface area (Å²) in [6.07, 6.45) is -29.8. The Morgan fingerprint density at radius 2 is 1.03 bits per heavy atom. The number of carbonyl (C=O) groups excluding carboxylic acids is 4. The highest BCUT2D eigenvalue weighted by atomic mass is 16.8. The predicted octanol–water partition coefficient (Wildman–Crippen LogP) is 1.08. The number of ether oxygens (including phenoxy) is 22. The summed E-state index contributed by atoms with van der Waals surface area (Å²) in [5.74, 6) is -8.77. The van der Waals surface area contributed by atoms with E-state index < -0.39 is 294 Å². The first-order valence-corrected chi connectivity index (χ1v) is 40.2. The SMILES string of the molecule is COC(=O)[C@@H]1c2cc3c(c(O)c2[C@H](O[C@H]2C[C@H](OC)[C@@H](O[C@H]4C[C@@H](O)[C@@H](O[C@H]5C[C@@H](OC)[C@@H](O[C@H]6C[C@@H](OC)[C@@H](OC(=O)/C=C/C(=O)O)[C@@H](C)O6)[C@@H](C)O5)[C@@H](C)O4)[C@@H](C)O2)C[C@]1(C)O)C(=O)c1c(O)cc2c(c1C3=O)O[C@H]1O[C@]2(C)[C@@H](O[C@H]2C[C@H](O)[C@H](O[C@H]3C[C@@](C)([NH+]([O-])O)[C@H](O[C@@H]4C[C@H](OC)[C@H](O)[C@H](C)O4)[C@@H](C)O3)[C@H](C)O2)[C@H](N(C)C)[C@H]1O. The molecule has 39 heteroatoms. The number of hydrogen-bond acceptors (Lipinski definition) is 37. The number of phenolic OH excluding ortho intramolecular Hbond substituents is 2. The second-order valence-corrected chi connectivity index (χ2v) is 33.7. The lowest BCUT2D eigenvalue weighted by atomic mass is 9.68. The minimum absolute atomic E-state index is 0.0314. The van der Waals surface area contributed by atoms with E-state index in [9.17, 15) is 60.5 Å². The largest absolute Gasteiger partial charge is 0.600 e. The third kappa shape index (κ3) is 17.6. The maximum absolute atomic E-state index is 15.7. The van der Waals surface area contributed by atoms with Crippen LogP contribution in [0.4, 0.5) is 0 Å².